The number of thiocyanates is 1. The Morgan fingerprint density at radius 1 is 1.60 bits per heavy atom. The van der Waals surface area contributed by atoms with Crippen LogP contribution >= 0.6 is 21.9 Å². The first-order valence-electron chi connectivity index (χ1n) is 1.46. The van der Waals surface area contributed by atoms with Crippen molar-refractivity contribution < 1.29 is 8.98 Å². The molecule has 0 unspecified atom stereocenters. The molecule has 0 spiro atoms. The summed E-state index contributed by atoms with van der Waals surface area (Å²) in [5.41, 5.74) is 4.53. The van der Waals surface area contributed by atoms with Gasteiger partial charge in [0.1, 0.15) is 16.5 Å². The van der Waals surface area contributed by atoms with Gasteiger partial charge in [-0.1, -0.05) is 0 Å². The number of nitrogens with two attached hydrogens (primary N) is 1. The average Bonchev–Trinajstić information content (AvgIpc) is 1.66. The summed E-state index contributed by atoms with van der Waals surface area (Å²) in [6, 6.07) is 0. The Balaban J connectivity index is -0.000000245. The van der Waals surface area contributed by atoms with Gasteiger partial charge in [-0.3, -0.25) is 0 Å². The molecule has 0 aromatic heterocycles. The summed E-state index contributed by atoms with van der Waals surface area (Å²) in [7, 11) is 0.736. The molecule has 0 aliphatic heterocycles. The fourth-order valence-electron chi connectivity index (χ4n) is 0.0658. The number of carbonyl (C=O) groups is 1. The quantitative estimate of drug-likeness (QED) is 0.229. The molecule has 0 aromatic carbocycles. The minimum absolute atomic E-state index is 0. The van der Waals surface area contributed by atoms with Crippen LogP contribution in [0.4, 0.5) is 4.79 Å². The molecule has 0 saturated heterocycles. The Kier molecular flexibility index (Phi) is 26.4. The van der Waals surface area contributed by atoms with Crippen LogP contribution in [0.15, 0.2) is 0 Å². The summed E-state index contributed by atoms with van der Waals surface area (Å²) in [4.78, 5) is 9.73. The summed E-state index contributed by atoms with van der Waals surface area (Å²) in [5, 5.41) is 9.51. The molecule has 0 saturated carbocycles. The first-order valence-corrected chi connectivity index (χ1v) is 3.53. The van der Waals surface area contributed by atoms with Crippen molar-refractivity contribution >= 4 is 131 Å². The van der Waals surface area contributed by atoms with Gasteiger partial charge in [-0.15, -0.1) is 0 Å². The van der Waals surface area contributed by atoms with Gasteiger partial charge in [-0.2, -0.15) is 5.26 Å². The van der Waals surface area contributed by atoms with Crippen LogP contribution in [-0.2, 0) is 4.18 Å². The molecular weight excluding hydrogens is 226 g/mol. The molecule has 0 heterocycles. The van der Waals surface area contributed by atoms with Crippen LogP contribution in [0.3, 0.4) is 0 Å². The van der Waals surface area contributed by atoms with Crippen molar-refractivity contribution in [1.29, 1.82) is 5.26 Å². The zero-order valence-electron chi connectivity index (χ0n) is 3.66. The Morgan fingerprint density at radius 3 is 2.40 bits per heavy atom. The van der Waals surface area contributed by atoms with Gasteiger partial charge in [0.05, 0.1) is 10.8 Å². The number of primary amides is 1. The van der Waals surface area contributed by atoms with Crippen LogP contribution in [0.2, 0.25) is 0 Å². The molecule has 1 amide bonds. The van der Waals surface area contributed by atoms with E-state index in [1.807, 2.05) is 0 Å². The molecule has 48 valence electrons. The van der Waals surface area contributed by atoms with Gasteiger partial charge < -0.3 is 9.92 Å². The summed E-state index contributed by atoms with van der Waals surface area (Å²) < 4.78 is 4.08. The number of hydrogen-bond donors (Lipinski definition) is 1. The zero-order chi connectivity index (χ0) is 6.41. The molecule has 0 radical (unpaired) electrons. The van der Waals surface area contributed by atoms with Gasteiger partial charge in [0, 0.05) is 0 Å². The molecular formula is C2H4K2N2O2S2. The predicted molar refractivity (Wildman–Crippen MR) is 45.8 cm³/mol. The van der Waals surface area contributed by atoms with Crippen LogP contribution in [0.25, 0.3) is 0 Å². The van der Waals surface area contributed by atoms with Crippen molar-refractivity contribution in [2.45, 2.75) is 0 Å². The molecule has 0 bridgehead atoms. The van der Waals surface area contributed by atoms with Gasteiger partial charge in [-0.05, 0) is 0 Å². The van der Waals surface area contributed by atoms with E-state index in [-0.39, 0.29) is 103 Å². The third-order valence-electron chi connectivity index (χ3n) is 0.187. The van der Waals surface area contributed by atoms with Crippen molar-refractivity contribution in [3.63, 3.8) is 0 Å². The van der Waals surface area contributed by atoms with Crippen LogP contribution < -0.4 is 5.73 Å². The Hall–Kier alpha value is 2.73. The second-order valence-corrected chi connectivity index (χ2v) is 2.21. The van der Waals surface area contributed by atoms with Crippen molar-refractivity contribution in [1.82, 2.24) is 0 Å². The van der Waals surface area contributed by atoms with Crippen LogP contribution in [0.1, 0.15) is 0 Å². The van der Waals surface area contributed by atoms with Gasteiger partial charge in [0.2, 0.25) is 0 Å². The molecule has 0 aromatic rings. The van der Waals surface area contributed by atoms with Gasteiger partial charge in [0.25, 0.3) is 0 Å². The van der Waals surface area contributed by atoms with Crippen LogP contribution in [0, 0.1) is 10.7 Å². The van der Waals surface area contributed by atoms with E-state index in [0.717, 1.165) is 10.8 Å². The SMILES string of the molecule is N#CSSOC(N)=O.[KH].[KH]. The van der Waals surface area contributed by atoms with Crippen molar-refractivity contribution in [3.05, 3.63) is 0 Å². The number of carbonyl (C=O) groups excluding carboxylic acids is 1. The second kappa shape index (κ2) is 14.3. The molecule has 0 aliphatic carbocycles. The van der Waals surface area contributed by atoms with Crippen molar-refractivity contribution in [2.75, 3.05) is 0 Å². The minimum atomic E-state index is -0.891. The molecule has 0 rings (SSSR count). The third kappa shape index (κ3) is 17.0. The Labute approximate surface area is 152 Å². The van der Waals surface area contributed by atoms with Crippen molar-refractivity contribution in [3.8, 4) is 5.40 Å². The van der Waals surface area contributed by atoms with Crippen LogP contribution in [0.5, 0.6) is 0 Å². The standard InChI is InChI=1S/C2H2N2O2S2.2K.2H/c3-1-7-8-6-2(4)5;;;;/h(H2,4,5);;;;. The van der Waals surface area contributed by atoms with E-state index in [1.54, 1.807) is 5.40 Å². The van der Waals surface area contributed by atoms with Crippen LogP contribution in [-0.4, -0.2) is 109 Å². The molecule has 2 N–H and O–H groups in total. The second-order valence-electron chi connectivity index (χ2n) is 0.645. The van der Waals surface area contributed by atoms with Gasteiger partial charge in [-0.25, -0.2) is 4.79 Å². The monoisotopic (exact) mass is 230 g/mol. The van der Waals surface area contributed by atoms with Gasteiger partial charge in [0.15, 0.2) is 0 Å². The summed E-state index contributed by atoms with van der Waals surface area (Å²) >= 11 is 0.642. The molecule has 10 heavy (non-hydrogen) atoms. The van der Waals surface area contributed by atoms with E-state index in [9.17, 15) is 4.79 Å². The fourth-order valence-corrected chi connectivity index (χ4v) is 0.592. The van der Waals surface area contributed by atoms with E-state index in [2.05, 4.69) is 9.92 Å². The maximum absolute atomic E-state index is 9.73. The normalized spacial score (nSPS) is 5.90. The third-order valence-corrected chi connectivity index (χ3v) is 1.19. The molecule has 8 heteroatoms. The van der Waals surface area contributed by atoms with Gasteiger partial charge >= 0.3 is 109 Å². The Bertz CT molecular complexity index is 127. The molecule has 4 nitrogen and oxygen atoms in total. The van der Waals surface area contributed by atoms with E-state index in [0.29, 0.717) is 11.1 Å². The topological polar surface area (TPSA) is 76.1 Å². The average molecular weight is 230 g/mol. The fraction of sp³-hybridized carbons (Fsp3) is 0. The van der Waals surface area contributed by atoms with E-state index < -0.39 is 6.09 Å². The van der Waals surface area contributed by atoms with E-state index in [4.69, 9.17) is 5.26 Å². The number of hydrogen-bond acceptors (Lipinski definition) is 5. The summed E-state index contributed by atoms with van der Waals surface area (Å²) in [6.45, 7) is 0. The van der Waals surface area contributed by atoms with E-state index in [1.165, 1.54) is 0 Å². The predicted octanol–water partition coefficient (Wildman–Crippen LogP) is -0.438. The first kappa shape index (κ1) is 18.5. The molecule has 0 aliphatic rings. The maximum atomic E-state index is 9.73. The first-order chi connectivity index (χ1) is 3.77. The molecule has 0 atom stereocenters. The number of amides is 1. The number of nitriles is 1. The zero-order valence-corrected chi connectivity index (χ0v) is 5.29. The number of rotatable bonds is 2. The Morgan fingerprint density at radius 2 is 2.10 bits per heavy atom. The number of nitrogens with zero attached hydrogens (tertiary/aromatic N) is 1. The molecule has 0 fully saturated rings. The summed E-state index contributed by atoms with van der Waals surface area (Å²) in [6.07, 6.45) is -0.891. The van der Waals surface area contributed by atoms with Crippen molar-refractivity contribution in [2.24, 2.45) is 5.73 Å². The van der Waals surface area contributed by atoms with E-state index >= 15 is 0 Å². The summed E-state index contributed by atoms with van der Waals surface area (Å²) in [5.74, 6) is 0.